The molecule has 0 aliphatic rings. The highest BCUT2D eigenvalue weighted by atomic mass is 16.6. The summed E-state index contributed by atoms with van der Waals surface area (Å²) in [4.78, 5) is 31.8. The lowest BCUT2D eigenvalue weighted by Crippen LogP contribution is -2.06. The summed E-state index contributed by atoms with van der Waals surface area (Å²) in [5.41, 5.74) is -0.0856. The highest BCUT2D eigenvalue weighted by molar-refractivity contribution is 5.93. The number of aryl methyl sites for hydroxylation is 2. The first-order valence-corrected chi connectivity index (χ1v) is 6.74. The average molecular weight is 331 g/mol. The Bertz CT molecular complexity index is 807. The molecule has 2 rings (SSSR count). The maximum absolute atomic E-state index is 11.2. The van der Waals surface area contributed by atoms with Crippen molar-refractivity contribution in [3.05, 3.63) is 67.3 Å². The molecule has 2 aromatic carbocycles. The number of benzene rings is 2. The number of nitrogens with one attached hydrogen (secondary N) is 1. The molecule has 0 spiro atoms. The SMILES string of the molecule is Cc1cc(C)cc(Nc2c([N+](=O)[O-])cc(C(=O)O)cc2[N+](=O)[O-])c1. The Morgan fingerprint density at radius 3 is 1.79 bits per heavy atom. The van der Waals surface area contributed by atoms with Crippen LogP contribution in [0, 0.1) is 34.1 Å². The lowest BCUT2D eigenvalue weighted by molar-refractivity contribution is -0.392. The van der Waals surface area contributed by atoms with E-state index >= 15 is 0 Å². The third kappa shape index (κ3) is 3.46. The van der Waals surface area contributed by atoms with Gasteiger partial charge < -0.3 is 10.4 Å². The predicted molar refractivity (Wildman–Crippen MR) is 85.9 cm³/mol. The Morgan fingerprint density at radius 2 is 1.42 bits per heavy atom. The van der Waals surface area contributed by atoms with Gasteiger partial charge in [-0.15, -0.1) is 0 Å². The summed E-state index contributed by atoms with van der Waals surface area (Å²) in [6.07, 6.45) is 0. The van der Waals surface area contributed by atoms with Crippen molar-refractivity contribution in [1.29, 1.82) is 0 Å². The van der Waals surface area contributed by atoms with Crippen LogP contribution < -0.4 is 5.32 Å². The first kappa shape index (κ1) is 16.9. The number of rotatable bonds is 5. The number of carboxylic acids is 1. The number of nitrogens with zero attached hydrogens (tertiary/aromatic N) is 2. The molecule has 0 amide bonds. The third-order valence-corrected chi connectivity index (χ3v) is 3.23. The molecule has 0 unspecified atom stereocenters. The zero-order chi connectivity index (χ0) is 18.0. The van der Waals surface area contributed by atoms with E-state index in [0.29, 0.717) is 5.69 Å². The molecule has 0 atom stereocenters. The van der Waals surface area contributed by atoms with Gasteiger partial charge in [0.15, 0.2) is 5.69 Å². The second-order valence-corrected chi connectivity index (χ2v) is 5.21. The molecule has 0 radical (unpaired) electrons. The minimum atomic E-state index is -1.49. The number of aromatic carboxylic acids is 1. The van der Waals surface area contributed by atoms with E-state index in [1.165, 1.54) is 0 Å². The Morgan fingerprint density at radius 1 is 0.958 bits per heavy atom. The fourth-order valence-electron chi connectivity index (χ4n) is 2.34. The van der Waals surface area contributed by atoms with Crippen LogP contribution in [0.3, 0.4) is 0 Å². The van der Waals surface area contributed by atoms with E-state index in [2.05, 4.69) is 5.32 Å². The van der Waals surface area contributed by atoms with Crippen LogP contribution in [0.15, 0.2) is 30.3 Å². The van der Waals surface area contributed by atoms with Gasteiger partial charge in [0.05, 0.1) is 15.4 Å². The molecule has 124 valence electrons. The topological polar surface area (TPSA) is 136 Å². The quantitative estimate of drug-likeness (QED) is 0.631. The molecule has 0 saturated heterocycles. The van der Waals surface area contributed by atoms with E-state index in [9.17, 15) is 25.0 Å². The highest BCUT2D eigenvalue weighted by Gasteiger charge is 2.28. The van der Waals surface area contributed by atoms with Crippen LogP contribution >= 0.6 is 0 Å². The molecular weight excluding hydrogens is 318 g/mol. The van der Waals surface area contributed by atoms with Crippen molar-refractivity contribution >= 4 is 28.7 Å². The molecule has 9 heteroatoms. The monoisotopic (exact) mass is 331 g/mol. The molecule has 0 bridgehead atoms. The molecule has 0 heterocycles. The van der Waals surface area contributed by atoms with Crippen LogP contribution in [0.1, 0.15) is 21.5 Å². The van der Waals surface area contributed by atoms with Crippen LogP contribution in [0.25, 0.3) is 0 Å². The van der Waals surface area contributed by atoms with E-state index in [-0.39, 0.29) is 5.69 Å². The molecule has 24 heavy (non-hydrogen) atoms. The van der Waals surface area contributed by atoms with Gasteiger partial charge in [0.25, 0.3) is 0 Å². The fourth-order valence-corrected chi connectivity index (χ4v) is 2.34. The zero-order valence-electron chi connectivity index (χ0n) is 12.8. The standard InChI is InChI=1S/C15H13N3O6/c1-8-3-9(2)5-11(4-8)16-14-12(17(21)22)6-10(15(19)20)7-13(14)18(23)24/h3-7,16H,1-2H3,(H,19,20). The molecule has 9 nitrogen and oxygen atoms in total. The van der Waals surface area contributed by atoms with Gasteiger partial charge in [-0.1, -0.05) is 6.07 Å². The lowest BCUT2D eigenvalue weighted by atomic mass is 10.1. The first-order chi connectivity index (χ1) is 11.2. The molecule has 2 aromatic rings. The van der Waals surface area contributed by atoms with E-state index < -0.39 is 32.8 Å². The van der Waals surface area contributed by atoms with Crippen LogP contribution in [0.4, 0.5) is 22.7 Å². The molecular formula is C15H13N3O6. The number of hydrogen-bond donors (Lipinski definition) is 2. The van der Waals surface area contributed by atoms with Gasteiger partial charge in [0, 0.05) is 17.8 Å². The number of anilines is 2. The van der Waals surface area contributed by atoms with E-state index in [0.717, 1.165) is 23.3 Å². The number of hydrogen-bond acceptors (Lipinski definition) is 6. The highest BCUT2D eigenvalue weighted by Crippen LogP contribution is 2.38. The predicted octanol–water partition coefficient (Wildman–Crippen LogP) is 3.56. The summed E-state index contributed by atoms with van der Waals surface area (Å²) >= 11 is 0. The zero-order valence-corrected chi connectivity index (χ0v) is 12.8. The van der Waals surface area contributed by atoms with Crippen molar-refractivity contribution in [2.24, 2.45) is 0 Å². The first-order valence-electron chi connectivity index (χ1n) is 6.74. The largest absolute Gasteiger partial charge is 0.478 e. The molecule has 2 N–H and O–H groups in total. The third-order valence-electron chi connectivity index (χ3n) is 3.23. The second kappa shape index (κ2) is 6.32. The number of nitro benzene ring substituents is 2. The van der Waals surface area contributed by atoms with Crippen molar-refractivity contribution in [2.45, 2.75) is 13.8 Å². The maximum atomic E-state index is 11.2. The van der Waals surface area contributed by atoms with Gasteiger partial charge in [-0.3, -0.25) is 20.2 Å². The van der Waals surface area contributed by atoms with Gasteiger partial charge in [-0.25, -0.2) is 4.79 Å². The molecule has 0 fully saturated rings. The maximum Gasteiger partial charge on any atom is 0.336 e. The number of carbonyl (C=O) groups is 1. The lowest BCUT2D eigenvalue weighted by Gasteiger charge is -2.10. The minimum Gasteiger partial charge on any atom is -0.478 e. The van der Waals surface area contributed by atoms with E-state index in [1.54, 1.807) is 12.1 Å². The minimum absolute atomic E-state index is 0.361. The van der Waals surface area contributed by atoms with Gasteiger partial charge in [0.2, 0.25) is 0 Å². The normalized spacial score (nSPS) is 10.2. The number of carboxylic acid groups (broad SMARTS) is 1. The van der Waals surface area contributed by atoms with Crippen LogP contribution in [-0.4, -0.2) is 20.9 Å². The smallest absolute Gasteiger partial charge is 0.336 e. The van der Waals surface area contributed by atoms with Crippen LogP contribution in [0.2, 0.25) is 0 Å². The molecule has 0 aliphatic heterocycles. The van der Waals surface area contributed by atoms with Crippen LogP contribution in [0.5, 0.6) is 0 Å². The second-order valence-electron chi connectivity index (χ2n) is 5.21. The molecule has 0 aromatic heterocycles. The van der Waals surface area contributed by atoms with Crippen molar-refractivity contribution in [1.82, 2.24) is 0 Å². The summed E-state index contributed by atoms with van der Waals surface area (Å²) in [5, 5.41) is 34.2. The summed E-state index contributed by atoms with van der Waals surface area (Å²) < 4.78 is 0. The van der Waals surface area contributed by atoms with Gasteiger partial charge in [0.1, 0.15) is 0 Å². The van der Waals surface area contributed by atoms with Crippen molar-refractivity contribution in [3.63, 3.8) is 0 Å². The Hall–Kier alpha value is -3.49. The Kier molecular flexibility index (Phi) is 4.45. The average Bonchev–Trinajstić information content (AvgIpc) is 2.45. The van der Waals surface area contributed by atoms with Gasteiger partial charge in [-0.2, -0.15) is 0 Å². The summed E-state index contributed by atoms with van der Waals surface area (Å²) in [6.45, 7) is 3.63. The van der Waals surface area contributed by atoms with E-state index in [4.69, 9.17) is 5.11 Å². The van der Waals surface area contributed by atoms with Crippen molar-refractivity contribution < 1.29 is 19.7 Å². The van der Waals surface area contributed by atoms with Crippen molar-refractivity contribution in [3.8, 4) is 0 Å². The summed E-state index contributed by atoms with van der Waals surface area (Å²) in [6, 6.07) is 6.80. The summed E-state index contributed by atoms with van der Waals surface area (Å²) in [7, 11) is 0. The Balaban J connectivity index is 2.68. The summed E-state index contributed by atoms with van der Waals surface area (Å²) in [5.74, 6) is -1.49. The van der Waals surface area contributed by atoms with Gasteiger partial charge >= 0.3 is 17.3 Å². The van der Waals surface area contributed by atoms with Crippen molar-refractivity contribution in [2.75, 3.05) is 5.32 Å². The molecule has 0 saturated carbocycles. The van der Waals surface area contributed by atoms with E-state index in [1.807, 2.05) is 19.9 Å². The molecule has 0 aliphatic carbocycles. The number of nitro groups is 2. The Labute approximate surface area is 135 Å². The van der Waals surface area contributed by atoms with Crippen LogP contribution in [-0.2, 0) is 0 Å². The van der Waals surface area contributed by atoms with Gasteiger partial charge in [-0.05, 0) is 37.1 Å². The fraction of sp³-hybridized carbons (Fsp3) is 0.133.